The zero-order chi connectivity index (χ0) is 4.28. The lowest BCUT2D eigenvalue weighted by Gasteiger charge is -1.91. The molecule has 0 amide bonds. The van der Waals surface area contributed by atoms with Crippen molar-refractivity contribution in [1.82, 2.24) is 0 Å². The first kappa shape index (κ1) is 4.96. The lowest BCUT2D eigenvalue weighted by atomic mass is 10.4. The summed E-state index contributed by atoms with van der Waals surface area (Å²) >= 11 is 0. The molecule has 1 nitrogen and oxygen atoms in total. The highest BCUT2D eigenvalue weighted by atomic mass is 14.8. The standard InChI is InChI=1S/C4H11N/c1-4(2)5-3/h4-5H,1-3H3/p+1. The Morgan fingerprint density at radius 1 is 1.40 bits per heavy atom. The summed E-state index contributed by atoms with van der Waals surface area (Å²) < 4.78 is 0. The van der Waals surface area contributed by atoms with Crippen molar-refractivity contribution in [2.24, 2.45) is 0 Å². The fourth-order valence-electron chi connectivity index (χ4n) is 0. The van der Waals surface area contributed by atoms with E-state index in [2.05, 4.69) is 26.2 Å². The summed E-state index contributed by atoms with van der Waals surface area (Å²) in [6, 6.07) is 0.759. The Kier molecular flexibility index (Phi) is 2.19. The van der Waals surface area contributed by atoms with Gasteiger partial charge in [0.05, 0.1) is 13.1 Å². The summed E-state index contributed by atoms with van der Waals surface area (Å²) in [5, 5.41) is 2.17. The molecule has 0 unspecified atom stereocenters. The number of quaternary nitrogens is 1. The molecule has 0 aliphatic carbocycles. The molecule has 2 N–H and O–H groups in total. The van der Waals surface area contributed by atoms with Crippen LogP contribution in [0.1, 0.15) is 13.8 Å². The van der Waals surface area contributed by atoms with E-state index in [1.807, 2.05) is 0 Å². The summed E-state index contributed by atoms with van der Waals surface area (Å²) in [5.41, 5.74) is 0. The van der Waals surface area contributed by atoms with Crippen molar-refractivity contribution in [2.45, 2.75) is 19.9 Å². The highest BCUT2D eigenvalue weighted by Crippen LogP contribution is 1.56. The molecule has 0 saturated carbocycles. The molecule has 0 aromatic carbocycles. The van der Waals surface area contributed by atoms with Gasteiger partial charge in [-0.25, -0.2) is 0 Å². The van der Waals surface area contributed by atoms with Crippen LogP contribution in [-0.2, 0) is 0 Å². The van der Waals surface area contributed by atoms with Gasteiger partial charge in [-0.15, -0.1) is 0 Å². The van der Waals surface area contributed by atoms with E-state index in [0.717, 1.165) is 6.04 Å². The van der Waals surface area contributed by atoms with Gasteiger partial charge in [0.2, 0.25) is 0 Å². The van der Waals surface area contributed by atoms with Crippen molar-refractivity contribution in [3.63, 3.8) is 0 Å². The number of nitrogens with two attached hydrogens (primary N) is 1. The Morgan fingerprint density at radius 2 is 1.60 bits per heavy atom. The van der Waals surface area contributed by atoms with E-state index < -0.39 is 0 Å². The second-order valence-electron chi connectivity index (χ2n) is 1.58. The van der Waals surface area contributed by atoms with E-state index in [4.69, 9.17) is 0 Å². The highest BCUT2D eigenvalue weighted by molar-refractivity contribution is 4.20. The van der Waals surface area contributed by atoms with Crippen molar-refractivity contribution in [3.8, 4) is 0 Å². The minimum absolute atomic E-state index is 0.759. The molecule has 5 heavy (non-hydrogen) atoms. The third kappa shape index (κ3) is 3.96. The normalized spacial score (nSPS) is 9.60. The van der Waals surface area contributed by atoms with Crippen molar-refractivity contribution >= 4 is 0 Å². The van der Waals surface area contributed by atoms with Crippen LogP contribution in [0.25, 0.3) is 0 Å². The van der Waals surface area contributed by atoms with Crippen molar-refractivity contribution in [3.05, 3.63) is 0 Å². The van der Waals surface area contributed by atoms with Crippen LogP contribution in [0.15, 0.2) is 0 Å². The largest absolute Gasteiger partial charge is 0.347 e. The maximum absolute atomic E-state index is 2.17. The first-order valence-electron chi connectivity index (χ1n) is 2.07. The summed E-state index contributed by atoms with van der Waals surface area (Å²) in [6.45, 7) is 4.33. The molecule has 0 aromatic rings. The van der Waals surface area contributed by atoms with Crippen molar-refractivity contribution < 1.29 is 5.32 Å². The van der Waals surface area contributed by atoms with Crippen LogP contribution in [0.2, 0.25) is 0 Å². The maximum atomic E-state index is 2.17. The molecular weight excluding hydrogens is 62.1 g/mol. The maximum Gasteiger partial charge on any atom is 0.0799 e. The van der Waals surface area contributed by atoms with Crippen LogP contribution in [0.4, 0.5) is 0 Å². The first-order valence-corrected chi connectivity index (χ1v) is 2.07. The molecule has 0 spiro atoms. The zero-order valence-electron chi connectivity index (χ0n) is 4.15. The summed E-state index contributed by atoms with van der Waals surface area (Å²) in [6.07, 6.45) is 0. The molecule has 0 atom stereocenters. The smallest absolute Gasteiger partial charge is 0.0799 e. The SMILES string of the molecule is C[NH2+]C(C)C. The lowest BCUT2D eigenvalue weighted by molar-refractivity contribution is -0.656. The predicted octanol–water partition coefficient (Wildman–Crippen LogP) is -0.412. The van der Waals surface area contributed by atoms with E-state index in [-0.39, 0.29) is 0 Å². The molecule has 32 valence electrons. The van der Waals surface area contributed by atoms with E-state index in [1.54, 1.807) is 0 Å². The third-order valence-electron chi connectivity index (χ3n) is 0.667. The van der Waals surface area contributed by atoms with Gasteiger partial charge in [0.15, 0.2) is 0 Å². The lowest BCUT2D eigenvalue weighted by Crippen LogP contribution is -2.84. The zero-order valence-corrected chi connectivity index (χ0v) is 4.15. The summed E-state index contributed by atoms with van der Waals surface area (Å²) in [7, 11) is 2.07. The van der Waals surface area contributed by atoms with Gasteiger partial charge >= 0.3 is 0 Å². The molecule has 0 aromatic heterocycles. The minimum atomic E-state index is 0.759. The van der Waals surface area contributed by atoms with Gasteiger partial charge in [0.25, 0.3) is 0 Å². The number of hydrogen-bond donors (Lipinski definition) is 1. The molecule has 0 rings (SSSR count). The third-order valence-corrected chi connectivity index (χ3v) is 0.667. The number of hydrogen-bond acceptors (Lipinski definition) is 0. The van der Waals surface area contributed by atoms with Crippen LogP contribution in [0.5, 0.6) is 0 Å². The molecule has 1 heteroatoms. The van der Waals surface area contributed by atoms with Crippen LogP contribution in [0.3, 0.4) is 0 Å². The molecule has 0 aliphatic rings. The fourth-order valence-corrected chi connectivity index (χ4v) is 0. The van der Waals surface area contributed by atoms with Crippen molar-refractivity contribution in [2.75, 3.05) is 7.05 Å². The van der Waals surface area contributed by atoms with E-state index in [1.165, 1.54) is 0 Å². The van der Waals surface area contributed by atoms with Gasteiger partial charge in [-0.1, -0.05) is 0 Å². The second-order valence-corrected chi connectivity index (χ2v) is 1.58. The van der Waals surface area contributed by atoms with Crippen molar-refractivity contribution in [1.29, 1.82) is 0 Å². The van der Waals surface area contributed by atoms with Gasteiger partial charge in [-0.2, -0.15) is 0 Å². The number of rotatable bonds is 1. The topological polar surface area (TPSA) is 16.6 Å². The quantitative estimate of drug-likeness (QED) is 0.435. The molecule has 0 aliphatic heterocycles. The minimum Gasteiger partial charge on any atom is -0.347 e. The summed E-state index contributed by atoms with van der Waals surface area (Å²) in [5.74, 6) is 0. The fraction of sp³-hybridized carbons (Fsp3) is 1.00. The average molecular weight is 74.1 g/mol. The Labute approximate surface area is 33.4 Å². The molecule has 0 heterocycles. The van der Waals surface area contributed by atoms with Crippen LogP contribution in [0, 0.1) is 0 Å². The van der Waals surface area contributed by atoms with Gasteiger partial charge in [-0.3, -0.25) is 0 Å². The van der Waals surface area contributed by atoms with Gasteiger partial charge < -0.3 is 5.32 Å². The Morgan fingerprint density at radius 3 is 1.60 bits per heavy atom. The Balaban J connectivity index is 2.54. The Hall–Kier alpha value is -0.0400. The van der Waals surface area contributed by atoms with E-state index in [9.17, 15) is 0 Å². The molecular formula is C4H12N+. The van der Waals surface area contributed by atoms with E-state index >= 15 is 0 Å². The summed E-state index contributed by atoms with van der Waals surface area (Å²) in [4.78, 5) is 0. The van der Waals surface area contributed by atoms with Crippen LogP contribution < -0.4 is 5.32 Å². The molecule has 0 bridgehead atoms. The molecule has 0 radical (unpaired) electrons. The first-order chi connectivity index (χ1) is 2.27. The van der Waals surface area contributed by atoms with Gasteiger partial charge in [0.1, 0.15) is 0 Å². The molecule has 0 fully saturated rings. The average Bonchev–Trinajstić information content (AvgIpc) is 1.38. The van der Waals surface area contributed by atoms with E-state index in [0.29, 0.717) is 0 Å². The van der Waals surface area contributed by atoms with Crippen LogP contribution in [-0.4, -0.2) is 13.1 Å². The second kappa shape index (κ2) is 2.21. The predicted molar refractivity (Wildman–Crippen MR) is 23.0 cm³/mol. The van der Waals surface area contributed by atoms with Gasteiger partial charge in [0, 0.05) is 0 Å². The molecule has 0 saturated heterocycles. The highest BCUT2D eigenvalue weighted by Gasteiger charge is 1.81. The van der Waals surface area contributed by atoms with Gasteiger partial charge in [-0.05, 0) is 13.8 Å². The monoisotopic (exact) mass is 74.1 g/mol. The van der Waals surface area contributed by atoms with Crippen LogP contribution >= 0.6 is 0 Å². The Bertz CT molecular complexity index is 17.6.